The van der Waals surface area contributed by atoms with Crippen molar-refractivity contribution >= 4 is 21.6 Å². The highest BCUT2D eigenvalue weighted by molar-refractivity contribution is 7.88. The van der Waals surface area contributed by atoms with Crippen molar-refractivity contribution in [2.45, 2.75) is 12.8 Å². The van der Waals surface area contributed by atoms with Crippen molar-refractivity contribution in [2.75, 3.05) is 32.5 Å². The predicted octanol–water partition coefficient (Wildman–Crippen LogP) is 1.10. The number of carbonyl (C=O) groups excluding carboxylic acids is 1. The molecule has 0 bridgehead atoms. The number of rotatable bonds is 7. The molecule has 170 valence electrons. The number of ether oxygens (including phenoxy) is 1. The Balaban J connectivity index is 1.30. The number of hydrogen-bond acceptors (Lipinski definition) is 7. The monoisotopic (exact) mass is 462 g/mol. The summed E-state index contributed by atoms with van der Waals surface area (Å²) in [6.45, 7) is 1.18. The van der Waals surface area contributed by atoms with Gasteiger partial charge in [0.25, 0.3) is 0 Å². The summed E-state index contributed by atoms with van der Waals surface area (Å²) >= 11 is 0. The van der Waals surface area contributed by atoms with Crippen molar-refractivity contribution in [3.8, 4) is 17.3 Å². The van der Waals surface area contributed by atoms with E-state index in [9.17, 15) is 17.6 Å². The summed E-state index contributed by atoms with van der Waals surface area (Å²) < 4.78 is 45.2. The van der Waals surface area contributed by atoms with Gasteiger partial charge in [-0.05, 0) is 31.0 Å². The van der Waals surface area contributed by atoms with Crippen LogP contribution in [0.4, 0.5) is 4.39 Å². The zero-order valence-electron chi connectivity index (χ0n) is 17.4. The van der Waals surface area contributed by atoms with Crippen LogP contribution in [0.5, 0.6) is 5.88 Å². The number of nitrogens with zero attached hydrogens (tertiary/aromatic N) is 5. The molecule has 1 aliphatic heterocycles. The van der Waals surface area contributed by atoms with E-state index in [-0.39, 0.29) is 30.8 Å². The van der Waals surface area contributed by atoms with Crippen LogP contribution in [-0.2, 0) is 14.8 Å². The van der Waals surface area contributed by atoms with Crippen LogP contribution in [0.1, 0.15) is 12.8 Å². The lowest BCUT2D eigenvalue weighted by molar-refractivity contribution is -0.126. The molecule has 0 radical (unpaired) electrons. The molecule has 0 atom stereocenters. The summed E-state index contributed by atoms with van der Waals surface area (Å²) in [5.74, 6) is -0.0144. The summed E-state index contributed by atoms with van der Waals surface area (Å²) in [4.78, 5) is 12.3. The Kier molecular flexibility index (Phi) is 6.33. The van der Waals surface area contributed by atoms with Crippen LogP contribution >= 0.6 is 0 Å². The van der Waals surface area contributed by atoms with Gasteiger partial charge in [0.05, 0.1) is 12.8 Å². The fourth-order valence-electron chi connectivity index (χ4n) is 3.58. The van der Waals surface area contributed by atoms with Crippen molar-refractivity contribution in [3.63, 3.8) is 0 Å². The summed E-state index contributed by atoms with van der Waals surface area (Å²) in [5, 5.41) is 15.3. The predicted molar refractivity (Wildman–Crippen MR) is 114 cm³/mol. The molecule has 32 heavy (non-hydrogen) atoms. The van der Waals surface area contributed by atoms with Gasteiger partial charge in [-0.3, -0.25) is 4.79 Å². The van der Waals surface area contributed by atoms with Gasteiger partial charge in [-0.1, -0.05) is 12.1 Å². The Bertz CT molecular complexity index is 1220. The first-order valence-corrected chi connectivity index (χ1v) is 12.0. The normalized spacial score (nSPS) is 15.7. The second-order valence-electron chi connectivity index (χ2n) is 7.55. The van der Waals surface area contributed by atoms with Crippen molar-refractivity contribution < 1.29 is 22.3 Å². The molecule has 0 aliphatic carbocycles. The molecule has 12 heteroatoms. The van der Waals surface area contributed by atoms with Gasteiger partial charge in [-0.2, -0.15) is 4.52 Å². The molecule has 3 heterocycles. The Morgan fingerprint density at radius 3 is 2.72 bits per heavy atom. The fraction of sp³-hybridized carbons (Fsp3) is 0.400. The summed E-state index contributed by atoms with van der Waals surface area (Å²) in [5.41, 5.74) is 1.03. The lowest BCUT2D eigenvalue weighted by atomic mass is 9.97. The number of sulfonamides is 1. The molecule has 1 fully saturated rings. The standard InChI is InChI=1S/C20H23FN6O4S/c1-32(29,30)26-10-7-14(8-11-26)20(28)22-9-12-31-18-6-5-17-23-24-19(27(17)25-18)15-3-2-4-16(21)13-15/h2-6,13-14H,7-12H2,1H3,(H,22,28). The zero-order valence-corrected chi connectivity index (χ0v) is 18.3. The first-order chi connectivity index (χ1) is 15.3. The molecule has 4 rings (SSSR count). The molecule has 3 aromatic rings. The number of piperidine rings is 1. The zero-order chi connectivity index (χ0) is 22.7. The van der Waals surface area contributed by atoms with Gasteiger partial charge in [0, 0.05) is 30.6 Å². The molecule has 0 saturated carbocycles. The van der Waals surface area contributed by atoms with E-state index in [1.165, 1.54) is 27.2 Å². The van der Waals surface area contributed by atoms with Crippen molar-refractivity contribution in [1.29, 1.82) is 0 Å². The van der Waals surface area contributed by atoms with Gasteiger partial charge in [-0.25, -0.2) is 17.1 Å². The second-order valence-corrected chi connectivity index (χ2v) is 9.53. The number of hydrogen-bond donors (Lipinski definition) is 1. The molecule has 0 spiro atoms. The molecular weight excluding hydrogens is 439 g/mol. The molecular formula is C20H23FN6O4S. The van der Waals surface area contributed by atoms with E-state index in [2.05, 4.69) is 20.6 Å². The van der Waals surface area contributed by atoms with E-state index in [1.807, 2.05) is 0 Å². The summed E-state index contributed by atoms with van der Waals surface area (Å²) in [7, 11) is -3.22. The van der Waals surface area contributed by atoms with Crippen molar-refractivity contribution in [1.82, 2.24) is 29.4 Å². The number of aromatic nitrogens is 4. The third kappa shape index (κ3) is 5.02. The third-order valence-corrected chi connectivity index (χ3v) is 6.57. The number of nitrogens with one attached hydrogen (secondary N) is 1. The largest absolute Gasteiger partial charge is 0.475 e. The average Bonchev–Trinajstić information content (AvgIpc) is 3.19. The van der Waals surface area contributed by atoms with Crippen LogP contribution < -0.4 is 10.1 Å². The number of carbonyl (C=O) groups is 1. The maximum absolute atomic E-state index is 13.5. The van der Waals surface area contributed by atoms with Gasteiger partial charge < -0.3 is 10.1 Å². The number of benzene rings is 1. The van der Waals surface area contributed by atoms with Crippen LogP contribution in [0.25, 0.3) is 17.0 Å². The lowest BCUT2D eigenvalue weighted by Gasteiger charge is -2.29. The highest BCUT2D eigenvalue weighted by atomic mass is 32.2. The number of amides is 1. The first-order valence-electron chi connectivity index (χ1n) is 10.2. The SMILES string of the molecule is CS(=O)(=O)N1CCC(C(=O)NCCOc2ccc3nnc(-c4cccc(F)c4)n3n2)CC1. The molecule has 1 aliphatic rings. The van der Waals surface area contributed by atoms with Gasteiger partial charge in [0.2, 0.25) is 21.8 Å². The topological polar surface area (TPSA) is 119 Å². The average molecular weight is 463 g/mol. The van der Waals surface area contributed by atoms with Gasteiger partial charge in [-0.15, -0.1) is 15.3 Å². The number of halogens is 1. The maximum Gasteiger partial charge on any atom is 0.231 e. The first kappa shape index (κ1) is 22.1. The summed E-state index contributed by atoms with van der Waals surface area (Å²) in [6, 6.07) is 9.32. The minimum Gasteiger partial charge on any atom is -0.475 e. The van der Waals surface area contributed by atoms with Crippen LogP contribution in [0.15, 0.2) is 36.4 Å². The summed E-state index contributed by atoms with van der Waals surface area (Å²) in [6.07, 6.45) is 2.17. The van der Waals surface area contributed by atoms with Gasteiger partial charge in [0.15, 0.2) is 11.5 Å². The Morgan fingerprint density at radius 1 is 1.22 bits per heavy atom. The molecule has 0 unspecified atom stereocenters. The fourth-order valence-corrected chi connectivity index (χ4v) is 4.45. The van der Waals surface area contributed by atoms with E-state index in [4.69, 9.17) is 4.74 Å². The minimum absolute atomic E-state index is 0.114. The highest BCUT2D eigenvalue weighted by Crippen LogP contribution is 2.20. The smallest absolute Gasteiger partial charge is 0.231 e. The molecule has 2 aromatic heterocycles. The van der Waals surface area contributed by atoms with E-state index >= 15 is 0 Å². The molecule has 1 saturated heterocycles. The van der Waals surface area contributed by atoms with Crippen LogP contribution in [0, 0.1) is 11.7 Å². The van der Waals surface area contributed by atoms with E-state index in [0.29, 0.717) is 48.8 Å². The Hall–Kier alpha value is -3.12. The molecule has 10 nitrogen and oxygen atoms in total. The number of fused-ring (bicyclic) bond motifs is 1. The quantitative estimate of drug-likeness (QED) is 0.522. The lowest BCUT2D eigenvalue weighted by Crippen LogP contribution is -2.43. The van der Waals surface area contributed by atoms with Gasteiger partial charge >= 0.3 is 0 Å². The Morgan fingerprint density at radius 2 is 2.00 bits per heavy atom. The van der Waals surface area contributed by atoms with E-state index < -0.39 is 10.0 Å². The van der Waals surface area contributed by atoms with Crippen molar-refractivity contribution in [3.05, 3.63) is 42.2 Å². The van der Waals surface area contributed by atoms with Crippen molar-refractivity contribution in [2.24, 2.45) is 5.92 Å². The Labute approximate surface area is 184 Å². The second kappa shape index (κ2) is 9.17. The maximum atomic E-state index is 13.5. The van der Waals surface area contributed by atoms with Gasteiger partial charge in [0.1, 0.15) is 12.4 Å². The molecule has 1 aromatic carbocycles. The van der Waals surface area contributed by atoms with Crippen LogP contribution in [-0.4, -0.2) is 70.9 Å². The molecule has 1 N–H and O–H groups in total. The van der Waals surface area contributed by atoms with Crippen LogP contribution in [0.3, 0.4) is 0 Å². The van der Waals surface area contributed by atoms with Crippen LogP contribution in [0.2, 0.25) is 0 Å². The third-order valence-electron chi connectivity index (χ3n) is 5.27. The molecule has 1 amide bonds. The minimum atomic E-state index is -3.22. The van der Waals surface area contributed by atoms with E-state index in [0.717, 1.165) is 0 Å². The highest BCUT2D eigenvalue weighted by Gasteiger charge is 2.28. The van der Waals surface area contributed by atoms with E-state index in [1.54, 1.807) is 24.3 Å².